The van der Waals surface area contributed by atoms with Crippen molar-refractivity contribution in [1.82, 2.24) is 8.43 Å². The first-order chi connectivity index (χ1) is 18.3. The number of anilines is 1. The van der Waals surface area contributed by atoms with E-state index in [1.54, 1.807) is 24.3 Å². The third kappa shape index (κ3) is 6.32. The van der Waals surface area contributed by atoms with Crippen molar-refractivity contribution >= 4 is 58.0 Å². The van der Waals surface area contributed by atoms with E-state index in [-0.39, 0.29) is 44.9 Å². The van der Waals surface area contributed by atoms with Crippen LogP contribution in [0.3, 0.4) is 0 Å². The summed E-state index contributed by atoms with van der Waals surface area (Å²) in [5.41, 5.74) is 4.23. The molecule has 0 aromatic heterocycles. The molecule has 0 saturated heterocycles. The number of allylic oxidation sites excluding steroid dienone is 4. The van der Waals surface area contributed by atoms with Crippen LogP contribution in [0.5, 0.6) is 5.75 Å². The van der Waals surface area contributed by atoms with Gasteiger partial charge in [-0.1, -0.05) is 0 Å². The molecular formula is C27H22BrFI2N3O3S-. The summed E-state index contributed by atoms with van der Waals surface area (Å²) < 4.78 is 47.2. The number of fused-ring (bicyclic) bond motifs is 1. The Kier molecular flexibility index (Phi) is 8.55. The molecule has 2 aliphatic rings. The quantitative estimate of drug-likeness (QED) is 0.252. The van der Waals surface area contributed by atoms with Gasteiger partial charge in [-0.05, 0) is 0 Å². The van der Waals surface area contributed by atoms with Crippen LogP contribution in [-0.4, -0.2) is 20.6 Å². The number of halogens is 4. The first-order valence-electron chi connectivity index (χ1n) is 11.4. The predicted molar refractivity (Wildman–Crippen MR) is 157 cm³/mol. The van der Waals surface area contributed by atoms with Gasteiger partial charge in [-0.15, -0.1) is 0 Å². The van der Waals surface area contributed by atoms with Gasteiger partial charge in [0.05, 0.1) is 0 Å². The maximum absolute atomic E-state index is 13.2. The van der Waals surface area contributed by atoms with E-state index in [1.807, 2.05) is 24.3 Å². The number of hydrogen-bond acceptors (Lipinski definition) is 5. The standard InChI is InChI=1S/C27H22BrFI2N3O3S/c28-24-16-30-31-34-25(24)13-8-19(23-6-1-2-7-26(23)35)15-27(34)32-17-18-4-3-5-21(14-18)33-38(36,37)22-11-9-20(29)10-12-22/h1-12,14-16,32-33,35H,13,17H2/q-1. The molecule has 0 spiro atoms. The van der Waals surface area contributed by atoms with E-state index in [2.05, 4.69) is 45.2 Å². The molecule has 38 heavy (non-hydrogen) atoms. The Morgan fingerprint density at radius 1 is 1.08 bits per heavy atom. The van der Waals surface area contributed by atoms with E-state index >= 15 is 0 Å². The van der Waals surface area contributed by atoms with Gasteiger partial charge in [-0.25, -0.2) is 4.39 Å². The Bertz CT molecular complexity index is 1610. The monoisotopic (exact) mass is 820 g/mol. The number of sulfonamides is 1. The Balaban J connectivity index is 1.39. The molecule has 0 atom stereocenters. The van der Waals surface area contributed by atoms with Crippen LogP contribution in [0.25, 0.3) is 5.57 Å². The van der Waals surface area contributed by atoms with Crippen LogP contribution in [-0.2, 0) is 16.6 Å². The van der Waals surface area contributed by atoms with Gasteiger partial charge in [0.15, 0.2) is 0 Å². The summed E-state index contributed by atoms with van der Waals surface area (Å²) >= 11 is 3.49. The first-order valence-corrected chi connectivity index (χ1v) is 22.2. The summed E-state index contributed by atoms with van der Waals surface area (Å²) in [6.07, 6.45) is 4.96. The SMILES string of the molecule is O=S(=O)(Nc1cccc(CNC2=CC(c3ccccc3O)=CCC3=C(Br)C=I[I-]N23)c1)c1ccc(F)cc1. The van der Waals surface area contributed by atoms with Crippen molar-refractivity contribution < 1.29 is 35.4 Å². The summed E-state index contributed by atoms with van der Waals surface area (Å²) in [6, 6.07) is 19.2. The molecular weight excluding hydrogens is 799 g/mol. The van der Waals surface area contributed by atoms with Gasteiger partial charge in [-0.3, -0.25) is 0 Å². The molecule has 0 fully saturated rings. The molecule has 0 unspecified atom stereocenters. The Labute approximate surface area is 245 Å². The van der Waals surface area contributed by atoms with E-state index < -0.39 is 15.8 Å². The molecule has 0 saturated carbocycles. The van der Waals surface area contributed by atoms with Gasteiger partial charge in [-0.2, -0.15) is 0 Å². The van der Waals surface area contributed by atoms with E-state index in [0.717, 1.165) is 45.6 Å². The van der Waals surface area contributed by atoms with Crippen LogP contribution in [0.15, 0.2) is 106 Å². The topological polar surface area (TPSA) is 81.7 Å². The van der Waals surface area contributed by atoms with Gasteiger partial charge in [0, 0.05) is 0 Å². The van der Waals surface area contributed by atoms with Gasteiger partial charge >= 0.3 is 238 Å². The van der Waals surface area contributed by atoms with Gasteiger partial charge < -0.3 is 0 Å². The number of phenols is 1. The van der Waals surface area contributed by atoms with Gasteiger partial charge in [0.25, 0.3) is 0 Å². The fourth-order valence-electron chi connectivity index (χ4n) is 3.90. The van der Waals surface area contributed by atoms with Crippen LogP contribution in [0.2, 0.25) is 0 Å². The molecule has 5 rings (SSSR count). The Morgan fingerprint density at radius 3 is 2.66 bits per heavy atom. The molecule has 0 radical (unpaired) electrons. The molecule has 0 amide bonds. The Morgan fingerprint density at radius 2 is 1.87 bits per heavy atom. The molecule has 0 bridgehead atoms. The fourth-order valence-corrected chi connectivity index (χ4v) is 16.9. The zero-order valence-corrected chi connectivity index (χ0v) is 26.4. The summed E-state index contributed by atoms with van der Waals surface area (Å²) in [5, 5.41) is 14.1. The van der Waals surface area contributed by atoms with Crippen LogP contribution >= 0.6 is 32.7 Å². The molecule has 3 N–H and O–H groups in total. The molecule has 6 nitrogen and oxygen atoms in total. The Hall–Kier alpha value is -2.23. The van der Waals surface area contributed by atoms with Crippen molar-refractivity contribution in [1.29, 1.82) is 0 Å². The van der Waals surface area contributed by atoms with Crippen molar-refractivity contribution in [2.24, 2.45) is 0 Å². The fraction of sp³-hybridized carbons (Fsp3) is 0.0741. The second kappa shape index (κ2) is 11.9. The number of nitrogens with one attached hydrogen (secondary N) is 2. The summed E-state index contributed by atoms with van der Waals surface area (Å²) in [4.78, 5) is -0.00598. The minimum absolute atomic E-state index is 0.00598. The molecule has 2 heterocycles. The van der Waals surface area contributed by atoms with E-state index in [1.165, 1.54) is 17.8 Å². The summed E-state index contributed by atoms with van der Waals surface area (Å²) in [5.74, 6) is 0.699. The number of rotatable bonds is 7. The van der Waals surface area contributed by atoms with Crippen molar-refractivity contribution in [2.45, 2.75) is 17.9 Å². The molecule has 3 aromatic carbocycles. The maximum atomic E-state index is 13.2. The van der Waals surface area contributed by atoms with Crippen LogP contribution in [0, 0.1) is 5.82 Å². The molecule has 3 aromatic rings. The van der Waals surface area contributed by atoms with Crippen LogP contribution in [0.1, 0.15) is 17.5 Å². The molecule has 198 valence electrons. The number of aromatic hydroxyl groups is 1. The molecule has 0 aliphatic carbocycles. The van der Waals surface area contributed by atoms with Gasteiger partial charge in [0.2, 0.25) is 0 Å². The predicted octanol–water partition coefficient (Wildman–Crippen LogP) is 3.36. The van der Waals surface area contributed by atoms with E-state index in [0.29, 0.717) is 12.2 Å². The zero-order chi connectivity index (χ0) is 26.7. The molecule has 2 aliphatic heterocycles. The second-order valence-corrected chi connectivity index (χ2v) is 18.9. The number of para-hydroxylation sites is 1. The zero-order valence-electron chi connectivity index (χ0n) is 19.7. The number of nitrogens with zero attached hydrogens (tertiary/aromatic N) is 1. The van der Waals surface area contributed by atoms with Gasteiger partial charge in [0.1, 0.15) is 5.82 Å². The second-order valence-electron chi connectivity index (χ2n) is 8.35. The van der Waals surface area contributed by atoms with Crippen molar-refractivity contribution in [3.8, 4) is 5.75 Å². The summed E-state index contributed by atoms with van der Waals surface area (Å²) in [6.45, 7) is 0.471. The third-order valence-corrected chi connectivity index (χ3v) is 16.7. The average molecular weight is 821 g/mol. The number of phenolic OH excluding ortho intramolecular Hbond substituents is 1. The summed E-state index contributed by atoms with van der Waals surface area (Å²) in [7, 11) is -3.85. The van der Waals surface area contributed by atoms with Crippen molar-refractivity contribution in [3.63, 3.8) is 0 Å². The number of hydrogen-bond donors (Lipinski definition) is 3. The minimum atomic E-state index is -3.85. The third-order valence-electron chi connectivity index (χ3n) is 5.76. The molecule has 11 heteroatoms. The average Bonchev–Trinajstić information content (AvgIpc) is 3.08. The van der Waals surface area contributed by atoms with E-state index in [9.17, 15) is 17.9 Å². The van der Waals surface area contributed by atoms with Crippen LogP contribution < -0.4 is 27.5 Å². The van der Waals surface area contributed by atoms with Crippen molar-refractivity contribution in [2.75, 3.05) is 4.72 Å². The van der Waals surface area contributed by atoms with Crippen molar-refractivity contribution in [3.05, 3.63) is 118 Å². The number of benzene rings is 3. The normalized spacial score (nSPS) is 15.8. The van der Waals surface area contributed by atoms with E-state index in [4.69, 9.17) is 0 Å². The first kappa shape index (κ1) is 27.3. The van der Waals surface area contributed by atoms with Crippen LogP contribution in [0.4, 0.5) is 10.1 Å².